The fourth-order valence-corrected chi connectivity index (χ4v) is 2.25. The topological polar surface area (TPSA) is 26.3 Å². The molecule has 0 aliphatic carbocycles. The van der Waals surface area contributed by atoms with Crippen LogP contribution in [0.1, 0.15) is 26.3 Å². The van der Waals surface area contributed by atoms with Crippen molar-refractivity contribution >= 4 is 17.7 Å². The molecule has 0 saturated heterocycles. The lowest BCUT2D eigenvalue weighted by atomic mass is 10.2. The molecule has 16 heavy (non-hydrogen) atoms. The van der Waals surface area contributed by atoms with Crippen molar-refractivity contribution in [3.05, 3.63) is 29.8 Å². The van der Waals surface area contributed by atoms with Crippen LogP contribution in [-0.2, 0) is 9.53 Å². The van der Waals surface area contributed by atoms with Gasteiger partial charge in [0.15, 0.2) is 0 Å². The van der Waals surface area contributed by atoms with Crippen LogP contribution in [0.2, 0.25) is 0 Å². The lowest BCUT2D eigenvalue weighted by Crippen LogP contribution is -2.29. The molecule has 0 amide bonds. The number of esters is 1. The second kappa shape index (κ2) is 5.39. The van der Waals surface area contributed by atoms with Gasteiger partial charge in [-0.2, -0.15) is 0 Å². The van der Waals surface area contributed by atoms with Gasteiger partial charge in [-0.15, -0.1) is 11.8 Å². The van der Waals surface area contributed by atoms with Gasteiger partial charge in [0.1, 0.15) is 4.75 Å². The van der Waals surface area contributed by atoms with Crippen molar-refractivity contribution in [1.82, 2.24) is 0 Å². The van der Waals surface area contributed by atoms with E-state index in [2.05, 4.69) is 0 Å². The van der Waals surface area contributed by atoms with Gasteiger partial charge in [-0.05, 0) is 39.8 Å². The Hall–Kier alpha value is -0.960. The van der Waals surface area contributed by atoms with Crippen molar-refractivity contribution in [3.8, 4) is 0 Å². The number of aryl methyl sites for hydroxylation is 1. The Bertz CT molecular complexity index is 355. The van der Waals surface area contributed by atoms with Gasteiger partial charge in [-0.25, -0.2) is 0 Å². The highest BCUT2D eigenvalue weighted by atomic mass is 32.2. The molecule has 0 heterocycles. The molecule has 0 radical (unpaired) electrons. The van der Waals surface area contributed by atoms with Crippen LogP contribution in [0.5, 0.6) is 0 Å². The van der Waals surface area contributed by atoms with Crippen LogP contribution in [0.25, 0.3) is 0 Å². The van der Waals surface area contributed by atoms with Crippen LogP contribution in [0, 0.1) is 6.92 Å². The third-order valence-corrected chi connectivity index (χ3v) is 3.35. The monoisotopic (exact) mass is 238 g/mol. The first-order chi connectivity index (χ1) is 7.45. The number of carbonyl (C=O) groups excluding carboxylic acids is 1. The highest BCUT2D eigenvalue weighted by molar-refractivity contribution is 8.01. The molecular weight excluding hydrogens is 220 g/mol. The minimum absolute atomic E-state index is 0.166. The predicted molar refractivity (Wildman–Crippen MR) is 67.7 cm³/mol. The highest BCUT2D eigenvalue weighted by Gasteiger charge is 2.30. The van der Waals surface area contributed by atoms with Gasteiger partial charge in [-0.1, -0.05) is 17.7 Å². The molecule has 0 bridgehead atoms. The molecule has 1 aromatic carbocycles. The summed E-state index contributed by atoms with van der Waals surface area (Å²) in [7, 11) is 0. The van der Waals surface area contributed by atoms with Crippen molar-refractivity contribution in [2.45, 2.75) is 37.3 Å². The van der Waals surface area contributed by atoms with Crippen molar-refractivity contribution in [1.29, 1.82) is 0 Å². The molecule has 0 unspecified atom stereocenters. The minimum atomic E-state index is -0.536. The molecular formula is C13H18O2S. The fourth-order valence-electron chi connectivity index (χ4n) is 1.25. The number of hydrogen-bond acceptors (Lipinski definition) is 3. The molecule has 0 spiro atoms. The van der Waals surface area contributed by atoms with Gasteiger partial charge < -0.3 is 4.74 Å². The lowest BCUT2D eigenvalue weighted by molar-refractivity contribution is -0.145. The van der Waals surface area contributed by atoms with Gasteiger partial charge >= 0.3 is 5.97 Å². The number of rotatable bonds is 4. The molecule has 0 aromatic heterocycles. The summed E-state index contributed by atoms with van der Waals surface area (Å²) in [6.07, 6.45) is 0. The van der Waals surface area contributed by atoms with Crippen LogP contribution in [0.15, 0.2) is 29.2 Å². The maximum absolute atomic E-state index is 11.7. The molecule has 0 atom stereocenters. The first-order valence-corrected chi connectivity index (χ1v) is 6.20. The fraction of sp³-hybridized carbons (Fsp3) is 0.462. The van der Waals surface area contributed by atoms with Crippen LogP contribution in [-0.4, -0.2) is 17.3 Å². The molecule has 1 rings (SSSR count). The number of thioether (sulfide) groups is 1. The second-order valence-corrected chi connectivity index (χ2v) is 5.84. The maximum Gasteiger partial charge on any atom is 0.321 e. The maximum atomic E-state index is 11.7. The Morgan fingerprint density at radius 1 is 1.31 bits per heavy atom. The van der Waals surface area contributed by atoms with Crippen LogP contribution in [0.4, 0.5) is 0 Å². The average molecular weight is 238 g/mol. The summed E-state index contributed by atoms with van der Waals surface area (Å²) in [5, 5.41) is 0. The van der Waals surface area contributed by atoms with Crippen LogP contribution < -0.4 is 0 Å². The quantitative estimate of drug-likeness (QED) is 0.594. The van der Waals surface area contributed by atoms with Gasteiger partial charge in [0, 0.05) is 4.90 Å². The number of ether oxygens (including phenoxy) is 1. The summed E-state index contributed by atoms with van der Waals surface area (Å²) < 4.78 is 4.51. The lowest BCUT2D eigenvalue weighted by Gasteiger charge is -2.21. The van der Waals surface area contributed by atoms with E-state index in [4.69, 9.17) is 4.74 Å². The van der Waals surface area contributed by atoms with Gasteiger partial charge in [0.05, 0.1) is 6.61 Å². The van der Waals surface area contributed by atoms with E-state index in [0.29, 0.717) is 6.61 Å². The summed E-state index contributed by atoms with van der Waals surface area (Å²) in [5.74, 6) is -0.166. The SMILES string of the molecule is CCOC(=O)C(C)(C)Sc1ccc(C)cc1. The summed E-state index contributed by atoms with van der Waals surface area (Å²) in [4.78, 5) is 12.8. The van der Waals surface area contributed by atoms with E-state index in [0.717, 1.165) is 4.90 Å². The molecule has 3 heteroatoms. The first kappa shape index (κ1) is 13.1. The van der Waals surface area contributed by atoms with Gasteiger partial charge in [0.2, 0.25) is 0 Å². The van der Waals surface area contributed by atoms with E-state index in [-0.39, 0.29) is 5.97 Å². The molecule has 0 saturated carbocycles. The van der Waals surface area contributed by atoms with Crippen molar-refractivity contribution < 1.29 is 9.53 Å². The largest absolute Gasteiger partial charge is 0.465 e. The van der Waals surface area contributed by atoms with E-state index < -0.39 is 4.75 Å². The normalized spacial score (nSPS) is 11.2. The van der Waals surface area contributed by atoms with E-state index in [1.54, 1.807) is 0 Å². The molecule has 0 fully saturated rings. The summed E-state index contributed by atoms with van der Waals surface area (Å²) in [5.41, 5.74) is 1.22. The van der Waals surface area contributed by atoms with Crippen LogP contribution in [0.3, 0.4) is 0 Å². The van der Waals surface area contributed by atoms with Crippen molar-refractivity contribution in [2.75, 3.05) is 6.61 Å². The number of benzene rings is 1. The molecule has 0 aliphatic rings. The molecule has 88 valence electrons. The summed E-state index contributed by atoms with van der Waals surface area (Å²) >= 11 is 1.53. The van der Waals surface area contributed by atoms with Crippen molar-refractivity contribution in [3.63, 3.8) is 0 Å². The smallest absolute Gasteiger partial charge is 0.321 e. The average Bonchev–Trinajstić information content (AvgIpc) is 2.21. The van der Waals surface area contributed by atoms with Gasteiger partial charge in [0.25, 0.3) is 0 Å². The minimum Gasteiger partial charge on any atom is -0.465 e. The first-order valence-electron chi connectivity index (χ1n) is 5.38. The Labute approximate surface area is 101 Å². The molecule has 1 aromatic rings. The highest BCUT2D eigenvalue weighted by Crippen LogP contribution is 2.33. The third-order valence-electron chi connectivity index (χ3n) is 2.16. The summed E-state index contributed by atoms with van der Waals surface area (Å²) in [6, 6.07) is 8.15. The Morgan fingerprint density at radius 2 is 1.88 bits per heavy atom. The predicted octanol–water partition coefficient (Wildman–Crippen LogP) is 3.43. The second-order valence-electron chi connectivity index (χ2n) is 4.15. The van der Waals surface area contributed by atoms with Crippen LogP contribution >= 0.6 is 11.8 Å². The van der Waals surface area contributed by atoms with Crippen molar-refractivity contribution in [2.24, 2.45) is 0 Å². The third kappa shape index (κ3) is 3.56. The zero-order valence-electron chi connectivity index (χ0n) is 10.2. The number of hydrogen-bond donors (Lipinski definition) is 0. The Morgan fingerprint density at radius 3 is 2.38 bits per heavy atom. The standard InChI is InChI=1S/C13H18O2S/c1-5-15-12(14)13(3,4)16-11-8-6-10(2)7-9-11/h6-9H,5H2,1-4H3. The number of carbonyl (C=O) groups is 1. The molecule has 0 N–H and O–H groups in total. The Balaban J connectivity index is 2.72. The summed E-state index contributed by atoms with van der Waals surface area (Å²) in [6.45, 7) is 8.07. The molecule has 0 aliphatic heterocycles. The van der Waals surface area contributed by atoms with E-state index in [9.17, 15) is 4.79 Å². The van der Waals surface area contributed by atoms with Gasteiger partial charge in [-0.3, -0.25) is 4.79 Å². The zero-order chi connectivity index (χ0) is 12.2. The Kier molecular flexibility index (Phi) is 4.42. The zero-order valence-corrected chi connectivity index (χ0v) is 11.1. The van der Waals surface area contributed by atoms with E-state index in [1.165, 1.54) is 17.3 Å². The van der Waals surface area contributed by atoms with E-state index in [1.807, 2.05) is 52.0 Å². The molecule has 2 nitrogen and oxygen atoms in total. The van der Waals surface area contributed by atoms with E-state index >= 15 is 0 Å².